The van der Waals surface area contributed by atoms with Gasteiger partial charge in [-0.25, -0.2) is 4.79 Å². The molecule has 0 radical (unpaired) electrons. The van der Waals surface area contributed by atoms with E-state index >= 15 is 0 Å². The molecule has 3 amide bonds. The summed E-state index contributed by atoms with van der Waals surface area (Å²) in [5.74, 6) is -1.08. The van der Waals surface area contributed by atoms with Crippen molar-refractivity contribution in [2.45, 2.75) is 64.1 Å². The van der Waals surface area contributed by atoms with Gasteiger partial charge in [0, 0.05) is 29.9 Å². The molecule has 1 saturated carbocycles. The van der Waals surface area contributed by atoms with Gasteiger partial charge in [-0.3, -0.25) is 19.2 Å². The molecular formula is C31H40N4O9. The summed E-state index contributed by atoms with van der Waals surface area (Å²) >= 11 is 0. The normalized spacial score (nSPS) is 23.4. The Balaban J connectivity index is 1.31. The van der Waals surface area contributed by atoms with Gasteiger partial charge in [0.1, 0.15) is 24.1 Å². The first-order valence-corrected chi connectivity index (χ1v) is 15.1. The molecule has 2 saturated heterocycles. The number of fused-ring (bicyclic) bond motifs is 2. The summed E-state index contributed by atoms with van der Waals surface area (Å²) in [6, 6.07) is 5.43. The molecule has 238 valence electrons. The lowest BCUT2D eigenvalue weighted by Gasteiger charge is -2.29. The van der Waals surface area contributed by atoms with Crippen molar-refractivity contribution in [2.75, 3.05) is 33.6 Å². The number of ketones is 1. The molecule has 3 fully saturated rings. The maximum absolute atomic E-state index is 14.0. The molecule has 1 aromatic carbocycles. The summed E-state index contributed by atoms with van der Waals surface area (Å²) in [4.78, 5) is 69.9. The molecule has 3 aliphatic rings. The van der Waals surface area contributed by atoms with Crippen molar-refractivity contribution >= 4 is 40.6 Å². The predicted octanol–water partition coefficient (Wildman–Crippen LogP) is 2.53. The van der Waals surface area contributed by atoms with Crippen molar-refractivity contribution in [1.82, 2.24) is 20.5 Å². The number of benzene rings is 1. The molecule has 44 heavy (non-hydrogen) atoms. The molecule has 0 unspecified atom stereocenters. The lowest BCUT2D eigenvalue weighted by atomic mass is 9.92. The van der Waals surface area contributed by atoms with Gasteiger partial charge in [0.05, 0.1) is 19.3 Å². The fourth-order valence-corrected chi connectivity index (χ4v) is 6.67. The van der Waals surface area contributed by atoms with E-state index in [1.807, 2.05) is 18.2 Å². The first kappa shape index (κ1) is 31.3. The van der Waals surface area contributed by atoms with E-state index in [2.05, 4.69) is 15.6 Å². The van der Waals surface area contributed by atoms with Gasteiger partial charge in [-0.2, -0.15) is 0 Å². The summed E-state index contributed by atoms with van der Waals surface area (Å²) in [5, 5.41) is 6.40. The van der Waals surface area contributed by atoms with Crippen molar-refractivity contribution in [1.29, 1.82) is 0 Å². The highest BCUT2D eigenvalue weighted by Crippen LogP contribution is 2.43. The number of H-pyrrole nitrogens is 1. The Morgan fingerprint density at radius 1 is 1.14 bits per heavy atom. The van der Waals surface area contributed by atoms with Crippen LogP contribution in [-0.4, -0.2) is 91.3 Å². The molecule has 1 aliphatic carbocycles. The van der Waals surface area contributed by atoms with Gasteiger partial charge in [0.2, 0.25) is 11.8 Å². The van der Waals surface area contributed by atoms with Crippen LogP contribution in [0, 0.1) is 17.8 Å². The molecule has 3 N–H and O–H groups in total. The van der Waals surface area contributed by atoms with E-state index in [9.17, 15) is 24.0 Å². The number of carbonyl (C=O) groups is 5. The Kier molecular flexibility index (Phi) is 9.72. The standard InChI is InChI=1S/C31H40N4O9/c1-17(2)44-31(40)43-16-42-15-25(36)23(12-18-10-11-32-28(18)37)34-29(38)27-20-7-4-6-19(20)14-35(27)30(39)24-13-21-22(33-24)8-5-9-26(21)41-3/h5,8-9,13,17-20,23,27,33H,4,6-7,10-12,14-16H2,1-3H3,(H,32,37)(H,34,38)/t18-,19-,20-,23-,27-/m0/s1. The van der Waals surface area contributed by atoms with Crippen LogP contribution >= 0.6 is 0 Å². The van der Waals surface area contributed by atoms with Gasteiger partial charge in [0.15, 0.2) is 12.6 Å². The van der Waals surface area contributed by atoms with Crippen LogP contribution in [-0.2, 0) is 28.6 Å². The summed E-state index contributed by atoms with van der Waals surface area (Å²) in [6.07, 6.45) is 1.99. The number of ether oxygens (including phenoxy) is 4. The van der Waals surface area contributed by atoms with Crippen LogP contribution in [0.1, 0.15) is 56.4 Å². The van der Waals surface area contributed by atoms with Crippen LogP contribution in [0.2, 0.25) is 0 Å². The number of hydrogen-bond donors (Lipinski definition) is 3. The van der Waals surface area contributed by atoms with Gasteiger partial charge >= 0.3 is 6.16 Å². The highest BCUT2D eigenvalue weighted by Gasteiger charge is 2.50. The fourth-order valence-electron chi connectivity index (χ4n) is 6.67. The Hall–Kier alpha value is -4.13. The quantitative estimate of drug-likeness (QED) is 0.186. The Morgan fingerprint density at radius 3 is 2.68 bits per heavy atom. The van der Waals surface area contributed by atoms with Gasteiger partial charge in [-0.15, -0.1) is 0 Å². The second-order valence-electron chi connectivity index (χ2n) is 11.9. The molecule has 0 spiro atoms. The lowest BCUT2D eigenvalue weighted by molar-refractivity contribution is -0.136. The summed E-state index contributed by atoms with van der Waals surface area (Å²) < 4.78 is 20.4. The number of Topliss-reactive ketones (excluding diaryl/α,β-unsaturated/α-hetero) is 1. The third-order valence-electron chi connectivity index (χ3n) is 8.72. The van der Waals surface area contributed by atoms with Crippen LogP contribution in [0.25, 0.3) is 10.9 Å². The zero-order valence-electron chi connectivity index (χ0n) is 25.3. The summed E-state index contributed by atoms with van der Waals surface area (Å²) in [5.41, 5.74) is 1.09. The lowest BCUT2D eigenvalue weighted by Crippen LogP contribution is -2.53. The highest BCUT2D eigenvalue weighted by atomic mass is 16.8. The molecule has 3 heterocycles. The monoisotopic (exact) mass is 612 g/mol. The van der Waals surface area contributed by atoms with Crippen LogP contribution in [0.5, 0.6) is 5.75 Å². The van der Waals surface area contributed by atoms with Crippen LogP contribution < -0.4 is 15.4 Å². The molecular weight excluding hydrogens is 572 g/mol. The van der Waals surface area contributed by atoms with E-state index in [1.54, 1.807) is 31.9 Å². The molecule has 13 nitrogen and oxygen atoms in total. The minimum Gasteiger partial charge on any atom is -0.496 e. The molecule has 13 heteroatoms. The largest absolute Gasteiger partial charge is 0.510 e. The second kappa shape index (κ2) is 13.7. The molecule has 5 rings (SSSR count). The third-order valence-corrected chi connectivity index (χ3v) is 8.72. The van der Waals surface area contributed by atoms with Crippen molar-refractivity contribution in [3.63, 3.8) is 0 Å². The number of aromatic nitrogens is 1. The van der Waals surface area contributed by atoms with Gasteiger partial charge in [-0.1, -0.05) is 12.5 Å². The van der Waals surface area contributed by atoms with E-state index < -0.39 is 49.2 Å². The average molecular weight is 613 g/mol. The van der Waals surface area contributed by atoms with Gasteiger partial charge in [0.25, 0.3) is 5.91 Å². The van der Waals surface area contributed by atoms with Crippen molar-refractivity contribution < 1.29 is 42.9 Å². The topological polar surface area (TPSA) is 165 Å². The van der Waals surface area contributed by atoms with E-state index in [1.165, 1.54) is 0 Å². The number of nitrogens with one attached hydrogen (secondary N) is 3. The van der Waals surface area contributed by atoms with E-state index in [-0.39, 0.29) is 36.2 Å². The molecule has 1 aromatic heterocycles. The minimum atomic E-state index is -1.03. The number of rotatable bonds is 12. The molecule has 2 aromatic rings. The maximum atomic E-state index is 14.0. The van der Waals surface area contributed by atoms with Gasteiger partial charge < -0.3 is 39.5 Å². The number of aromatic amines is 1. The number of carbonyl (C=O) groups excluding carboxylic acids is 5. The number of likely N-dealkylation sites (tertiary alicyclic amines) is 1. The zero-order chi connectivity index (χ0) is 31.4. The van der Waals surface area contributed by atoms with Crippen LogP contribution in [0.15, 0.2) is 24.3 Å². The smallest absolute Gasteiger partial charge is 0.496 e. The van der Waals surface area contributed by atoms with Crippen molar-refractivity contribution in [3.8, 4) is 5.75 Å². The summed E-state index contributed by atoms with van der Waals surface area (Å²) in [7, 11) is 1.57. The number of hydrogen-bond acceptors (Lipinski definition) is 9. The SMILES string of the molecule is COc1cccc2[nH]c(C(=O)N3C[C@@H]4CCC[C@@H]4[C@H]3C(=O)N[C@@H](C[C@@H]3CCNC3=O)C(=O)COCOC(=O)OC(C)C)cc12. The first-order valence-electron chi connectivity index (χ1n) is 15.1. The molecule has 2 aliphatic heterocycles. The van der Waals surface area contributed by atoms with E-state index in [0.29, 0.717) is 31.0 Å². The third kappa shape index (κ3) is 6.82. The van der Waals surface area contributed by atoms with Crippen molar-refractivity contribution in [3.05, 3.63) is 30.0 Å². The Bertz CT molecular complexity index is 1410. The summed E-state index contributed by atoms with van der Waals surface area (Å²) in [6.45, 7) is 3.30. The number of amides is 3. The predicted molar refractivity (Wildman–Crippen MR) is 157 cm³/mol. The number of nitrogens with zero attached hydrogens (tertiary/aromatic N) is 1. The van der Waals surface area contributed by atoms with E-state index in [4.69, 9.17) is 18.9 Å². The van der Waals surface area contributed by atoms with Crippen molar-refractivity contribution in [2.24, 2.45) is 17.8 Å². The molecule has 0 bridgehead atoms. The van der Waals surface area contributed by atoms with E-state index in [0.717, 1.165) is 30.2 Å². The average Bonchev–Trinajstić information content (AvgIpc) is 3.78. The number of methoxy groups -OCH3 is 1. The zero-order valence-corrected chi connectivity index (χ0v) is 25.3. The fraction of sp³-hybridized carbons (Fsp3) is 0.581. The first-order chi connectivity index (χ1) is 21.2. The second-order valence-corrected chi connectivity index (χ2v) is 11.9. The Labute approximate surface area is 255 Å². The van der Waals surface area contributed by atoms with Gasteiger partial charge in [-0.05, 0) is 69.6 Å². The Morgan fingerprint density at radius 2 is 1.95 bits per heavy atom. The highest BCUT2D eigenvalue weighted by molar-refractivity contribution is 6.02. The van der Waals surface area contributed by atoms with Crippen LogP contribution in [0.3, 0.4) is 0 Å². The minimum absolute atomic E-state index is 0.0417. The maximum Gasteiger partial charge on any atom is 0.510 e. The molecule has 5 atom stereocenters. The van der Waals surface area contributed by atoms with Crippen LogP contribution in [0.4, 0.5) is 4.79 Å².